The van der Waals surface area contributed by atoms with Gasteiger partial charge in [-0.05, 0) is 17.7 Å². The third-order valence-electron chi connectivity index (χ3n) is 2.70. The topological polar surface area (TPSA) is 67.2 Å². The normalized spacial score (nSPS) is 16.8. The monoisotopic (exact) mass is 246 g/mol. The fourth-order valence-corrected chi connectivity index (χ4v) is 1.80. The van der Waals surface area contributed by atoms with Crippen LogP contribution in [0, 0.1) is 0 Å². The van der Waals surface area contributed by atoms with Crippen LogP contribution in [0.5, 0.6) is 11.5 Å². The molecule has 0 aliphatic carbocycles. The molecular weight excluding hydrogens is 232 g/mol. The summed E-state index contributed by atoms with van der Waals surface area (Å²) in [6.45, 7) is 1.99. The lowest BCUT2D eigenvalue weighted by atomic mass is 10.1. The minimum absolute atomic E-state index is 0.305. The second-order valence-corrected chi connectivity index (χ2v) is 3.97. The smallest absolute Gasteiger partial charge is 0.231 e. The number of hydrazone groups is 1. The molecule has 0 unspecified atom stereocenters. The van der Waals surface area contributed by atoms with Crippen LogP contribution < -0.4 is 20.2 Å². The molecule has 2 heterocycles. The third kappa shape index (κ3) is 2.37. The predicted octanol–water partition coefficient (Wildman–Crippen LogP) is 0.492. The Labute approximate surface area is 105 Å². The Bertz CT molecular complexity index is 499. The van der Waals surface area contributed by atoms with Gasteiger partial charge in [0.25, 0.3) is 0 Å². The van der Waals surface area contributed by atoms with Crippen LogP contribution in [-0.4, -0.2) is 32.1 Å². The highest BCUT2D eigenvalue weighted by atomic mass is 16.7. The average molecular weight is 246 g/mol. The fourth-order valence-electron chi connectivity index (χ4n) is 1.80. The Hall–Kier alpha value is -2.24. The van der Waals surface area contributed by atoms with E-state index in [1.165, 1.54) is 0 Å². The van der Waals surface area contributed by atoms with Crippen LogP contribution in [0.4, 0.5) is 0 Å². The van der Waals surface area contributed by atoms with Crippen LogP contribution in [0.15, 0.2) is 28.3 Å². The number of fused-ring (bicyclic) bond motifs is 1. The van der Waals surface area contributed by atoms with E-state index in [0.717, 1.165) is 42.5 Å². The van der Waals surface area contributed by atoms with Gasteiger partial charge in [0.05, 0.1) is 6.54 Å². The molecule has 1 aromatic carbocycles. The van der Waals surface area contributed by atoms with E-state index in [9.17, 15) is 0 Å². The second-order valence-electron chi connectivity index (χ2n) is 3.97. The van der Waals surface area contributed by atoms with Gasteiger partial charge in [-0.3, -0.25) is 0 Å². The SMILES string of the molecule is C(/Cc1ccc2c(c1)OCO2)=N\NC1=NCCN1. The number of guanidine groups is 1. The molecule has 3 rings (SSSR count). The lowest BCUT2D eigenvalue weighted by molar-refractivity contribution is 0.174. The minimum atomic E-state index is 0.305. The van der Waals surface area contributed by atoms with Gasteiger partial charge in [0.15, 0.2) is 11.5 Å². The van der Waals surface area contributed by atoms with Gasteiger partial charge < -0.3 is 14.8 Å². The first-order valence-electron chi connectivity index (χ1n) is 5.86. The molecule has 0 saturated carbocycles. The molecular formula is C12H14N4O2. The fraction of sp³-hybridized carbons (Fsp3) is 0.333. The van der Waals surface area contributed by atoms with Gasteiger partial charge in [-0.2, -0.15) is 5.10 Å². The summed E-state index contributed by atoms with van der Waals surface area (Å²) in [5.74, 6) is 2.34. The van der Waals surface area contributed by atoms with Crippen LogP contribution >= 0.6 is 0 Å². The number of rotatable bonds is 3. The van der Waals surface area contributed by atoms with Gasteiger partial charge in [0, 0.05) is 19.2 Å². The molecule has 0 atom stereocenters. The number of hydrogen-bond donors (Lipinski definition) is 2. The Morgan fingerprint density at radius 3 is 3.22 bits per heavy atom. The first-order valence-corrected chi connectivity index (χ1v) is 5.86. The number of nitrogens with zero attached hydrogens (tertiary/aromatic N) is 2. The summed E-state index contributed by atoms with van der Waals surface area (Å²) in [5.41, 5.74) is 3.99. The van der Waals surface area contributed by atoms with Gasteiger partial charge in [-0.25, -0.2) is 10.4 Å². The largest absolute Gasteiger partial charge is 0.454 e. The minimum Gasteiger partial charge on any atom is -0.454 e. The van der Waals surface area contributed by atoms with E-state index in [4.69, 9.17) is 9.47 Å². The zero-order chi connectivity index (χ0) is 12.2. The summed E-state index contributed by atoms with van der Waals surface area (Å²) >= 11 is 0. The molecule has 2 aliphatic rings. The van der Waals surface area contributed by atoms with E-state index >= 15 is 0 Å². The van der Waals surface area contributed by atoms with Gasteiger partial charge in [0.2, 0.25) is 12.8 Å². The number of aliphatic imine (C=N–C) groups is 1. The van der Waals surface area contributed by atoms with E-state index in [0.29, 0.717) is 6.79 Å². The summed E-state index contributed by atoms with van der Waals surface area (Å²) in [6, 6.07) is 5.89. The Morgan fingerprint density at radius 1 is 1.39 bits per heavy atom. The van der Waals surface area contributed by atoms with Gasteiger partial charge in [-0.1, -0.05) is 6.07 Å². The molecule has 94 valence electrons. The number of hydrogen-bond acceptors (Lipinski definition) is 6. The summed E-state index contributed by atoms with van der Waals surface area (Å²) in [4.78, 5) is 4.17. The second kappa shape index (κ2) is 4.95. The molecule has 0 amide bonds. The highest BCUT2D eigenvalue weighted by molar-refractivity contribution is 5.81. The van der Waals surface area contributed by atoms with Crippen molar-refractivity contribution < 1.29 is 9.47 Å². The van der Waals surface area contributed by atoms with E-state index in [1.807, 2.05) is 18.2 Å². The molecule has 0 radical (unpaired) electrons. The molecule has 18 heavy (non-hydrogen) atoms. The van der Waals surface area contributed by atoms with Crippen molar-refractivity contribution in [1.82, 2.24) is 10.7 Å². The summed E-state index contributed by atoms with van der Waals surface area (Å²) in [6.07, 6.45) is 2.54. The first kappa shape index (κ1) is 10.9. The molecule has 6 nitrogen and oxygen atoms in total. The van der Waals surface area contributed by atoms with Crippen LogP contribution in [0.3, 0.4) is 0 Å². The molecule has 0 saturated heterocycles. The molecule has 6 heteroatoms. The maximum atomic E-state index is 5.32. The van der Waals surface area contributed by atoms with E-state index in [1.54, 1.807) is 6.21 Å². The highest BCUT2D eigenvalue weighted by Gasteiger charge is 2.12. The van der Waals surface area contributed by atoms with Gasteiger partial charge in [0.1, 0.15) is 0 Å². The maximum Gasteiger partial charge on any atom is 0.231 e. The summed E-state index contributed by atoms with van der Waals surface area (Å²) in [5, 5.41) is 7.18. The molecule has 0 fully saturated rings. The van der Waals surface area contributed by atoms with Crippen molar-refractivity contribution in [3.05, 3.63) is 23.8 Å². The molecule has 2 aliphatic heterocycles. The van der Waals surface area contributed by atoms with Crippen LogP contribution in [0.1, 0.15) is 5.56 Å². The molecule has 0 bridgehead atoms. The van der Waals surface area contributed by atoms with Crippen molar-refractivity contribution in [3.8, 4) is 11.5 Å². The number of benzene rings is 1. The van der Waals surface area contributed by atoms with E-state index in [-0.39, 0.29) is 0 Å². The van der Waals surface area contributed by atoms with Crippen LogP contribution in [0.2, 0.25) is 0 Å². The zero-order valence-corrected chi connectivity index (χ0v) is 9.85. The highest BCUT2D eigenvalue weighted by Crippen LogP contribution is 2.32. The van der Waals surface area contributed by atoms with Crippen molar-refractivity contribution >= 4 is 12.2 Å². The average Bonchev–Trinajstić information content (AvgIpc) is 3.05. The standard InChI is InChI=1S/C12H14N4O2/c1-2-10-11(18-8-17-10)7-9(1)3-4-15-16-12-13-5-6-14-12/h1-2,4,7H,3,5-6,8H2,(H2,13,14,16)/b15-4+. The number of ether oxygens (including phenoxy) is 2. The number of nitrogens with one attached hydrogen (secondary N) is 2. The predicted molar refractivity (Wildman–Crippen MR) is 68.2 cm³/mol. The van der Waals surface area contributed by atoms with Crippen molar-refractivity contribution in [1.29, 1.82) is 0 Å². The lowest BCUT2D eigenvalue weighted by Gasteiger charge is -2.00. The quantitative estimate of drug-likeness (QED) is 0.602. The molecule has 2 N–H and O–H groups in total. The zero-order valence-electron chi connectivity index (χ0n) is 9.85. The maximum absolute atomic E-state index is 5.32. The first-order chi connectivity index (χ1) is 8.92. The Morgan fingerprint density at radius 2 is 2.33 bits per heavy atom. The van der Waals surface area contributed by atoms with Crippen molar-refractivity contribution in [2.45, 2.75) is 6.42 Å². The summed E-state index contributed by atoms with van der Waals surface area (Å²) in [7, 11) is 0. The Kier molecular flexibility index (Phi) is 2.99. The van der Waals surface area contributed by atoms with Crippen LogP contribution in [0.25, 0.3) is 0 Å². The van der Waals surface area contributed by atoms with E-state index < -0.39 is 0 Å². The Balaban J connectivity index is 1.54. The van der Waals surface area contributed by atoms with Gasteiger partial charge >= 0.3 is 0 Å². The third-order valence-corrected chi connectivity index (χ3v) is 2.70. The van der Waals surface area contributed by atoms with Gasteiger partial charge in [-0.15, -0.1) is 0 Å². The van der Waals surface area contributed by atoms with E-state index in [2.05, 4.69) is 20.8 Å². The molecule has 0 spiro atoms. The van der Waals surface area contributed by atoms with Crippen molar-refractivity contribution in [3.63, 3.8) is 0 Å². The summed E-state index contributed by atoms with van der Waals surface area (Å²) < 4.78 is 10.6. The molecule has 1 aromatic rings. The van der Waals surface area contributed by atoms with Crippen molar-refractivity contribution in [2.75, 3.05) is 19.9 Å². The van der Waals surface area contributed by atoms with Crippen molar-refractivity contribution in [2.24, 2.45) is 10.1 Å². The molecule has 0 aromatic heterocycles. The van der Waals surface area contributed by atoms with Crippen LogP contribution in [-0.2, 0) is 6.42 Å². The lowest BCUT2D eigenvalue weighted by Crippen LogP contribution is -2.30.